The van der Waals surface area contributed by atoms with Crippen LogP contribution in [-0.2, 0) is 11.3 Å². The smallest absolute Gasteiger partial charge is 0.158 e. The van der Waals surface area contributed by atoms with Gasteiger partial charge in [0.25, 0.3) is 0 Å². The molecule has 1 saturated carbocycles. The number of nitrogens with two attached hydrogens (primary N) is 1. The Morgan fingerprint density at radius 2 is 2.11 bits per heavy atom. The maximum atomic E-state index is 5.81. The van der Waals surface area contributed by atoms with Gasteiger partial charge in [-0.05, 0) is 18.8 Å². The first-order valence-corrected chi connectivity index (χ1v) is 7.08. The Kier molecular flexibility index (Phi) is 4.96. The first kappa shape index (κ1) is 14.1. The van der Waals surface area contributed by atoms with Crippen molar-refractivity contribution in [2.24, 2.45) is 5.92 Å². The van der Waals surface area contributed by atoms with Crippen molar-refractivity contribution in [3.8, 4) is 0 Å². The molecular formula is C14H24N4O. The molecule has 1 fully saturated rings. The van der Waals surface area contributed by atoms with Crippen LogP contribution in [-0.4, -0.2) is 23.1 Å². The molecule has 1 aromatic heterocycles. The molecule has 0 spiro atoms. The van der Waals surface area contributed by atoms with E-state index in [1.165, 1.54) is 32.1 Å². The zero-order valence-electron chi connectivity index (χ0n) is 11.9. The summed E-state index contributed by atoms with van der Waals surface area (Å²) in [6, 6.07) is 2.28. The number of rotatable bonds is 4. The minimum Gasteiger partial charge on any atom is -0.384 e. The summed E-state index contributed by atoms with van der Waals surface area (Å²) in [5.41, 5.74) is 5.81. The van der Waals surface area contributed by atoms with Gasteiger partial charge in [-0.3, -0.25) is 0 Å². The van der Waals surface area contributed by atoms with Crippen molar-refractivity contribution in [1.29, 1.82) is 0 Å². The van der Waals surface area contributed by atoms with E-state index in [4.69, 9.17) is 10.5 Å². The van der Waals surface area contributed by atoms with Gasteiger partial charge in [0, 0.05) is 19.2 Å². The SMILES string of the molecule is COCc1nc(N)cc(NC2CCCCCC2C)n1. The molecule has 1 aliphatic rings. The Morgan fingerprint density at radius 3 is 2.89 bits per heavy atom. The summed E-state index contributed by atoms with van der Waals surface area (Å²) in [5, 5.41) is 3.52. The topological polar surface area (TPSA) is 73.1 Å². The fourth-order valence-corrected chi connectivity index (χ4v) is 2.68. The number of anilines is 2. The molecule has 1 aromatic rings. The molecule has 0 saturated heterocycles. The fourth-order valence-electron chi connectivity index (χ4n) is 2.68. The van der Waals surface area contributed by atoms with Gasteiger partial charge in [0.05, 0.1) is 0 Å². The Balaban J connectivity index is 2.08. The van der Waals surface area contributed by atoms with Crippen molar-refractivity contribution in [1.82, 2.24) is 9.97 Å². The average molecular weight is 264 g/mol. The highest BCUT2D eigenvalue weighted by Gasteiger charge is 2.20. The van der Waals surface area contributed by atoms with Crippen LogP contribution in [0.2, 0.25) is 0 Å². The van der Waals surface area contributed by atoms with E-state index < -0.39 is 0 Å². The standard InChI is InChI=1S/C14H24N4O/c1-10-6-4-3-5-7-11(10)16-13-8-12(15)17-14(18-13)9-19-2/h8,10-11H,3-7,9H2,1-2H3,(H3,15,16,17,18). The summed E-state index contributed by atoms with van der Waals surface area (Å²) >= 11 is 0. The maximum absolute atomic E-state index is 5.81. The average Bonchev–Trinajstić information content (AvgIpc) is 2.55. The number of nitrogens with one attached hydrogen (secondary N) is 1. The lowest BCUT2D eigenvalue weighted by Crippen LogP contribution is -2.27. The normalized spacial score (nSPS) is 23.9. The molecular weight excluding hydrogens is 240 g/mol. The van der Waals surface area contributed by atoms with E-state index in [-0.39, 0.29) is 0 Å². The van der Waals surface area contributed by atoms with Crippen LogP contribution in [0.3, 0.4) is 0 Å². The highest BCUT2D eigenvalue weighted by molar-refractivity contribution is 5.45. The number of hydrogen-bond acceptors (Lipinski definition) is 5. The van der Waals surface area contributed by atoms with Gasteiger partial charge in [0.1, 0.15) is 18.2 Å². The molecule has 0 radical (unpaired) electrons. The minimum atomic E-state index is 0.389. The van der Waals surface area contributed by atoms with E-state index in [9.17, 15) is 0 Å². The van der Waals surface area contributed by atoms with Gasteiger partial charge < -0.3 is 15.8 Å². The van der Waals surface area contributed by atoms with E-state index in [0.29, 0.717) is 30.2 Å². The Bertz CT molecular complexity index is 410. The van der Waals surface area contributed by atoms with E-state index in [2.05, 4.69) is 22.2 Å². The van der Waals surface area contributed by atoms with Crippen molar-refractivity contribution < 1.29 is 4.74 Å². The lowest BCUT2D eigenvalue weighted by Gasteiger charge is -2.23. The number of nitrogen functional groups attached to an aromatic ring is 1. The van der Waals surface area contributed by atoms with Crippen molar-refractivity contribution in [3.05, 3.63) is 11.9 Å². The lowest BCUT2D eigenvalue weighted by molar-refractivity contribution is 0.178. The van der Waals surface area contributed by atoms with Crippen LogP contribution in [0, 0.1) is 5.92 Å². The third-order valence-electron chi connectivity index (χ3n) is 3.76. The van der Waals surface area contributed by atoms with Crippen molar-refractivity contribution in [2.45, 2.75) is 51.7 Å². The second-order valence-corrected chi connectivity index (χ2v) is 5.39. The summed E-state index contributed by atoms with van der Waals surface area (Å²) < 4.78 is 5.06. The molecule has 0 bridgehead atoms. The first-order chi connectivity index (χ1) is 9.19. The van der Waals surface area contributed by atoms with E-state index >= 15 is 0 Å². The molecule has 2 atom stereocenters. The summed E-state index contributed by atoms with van der Waals surface area (Å²) in [4.78, 5) is 8.61. The largest absolute Gasteiger partial charge is 0.384 e. The molecule has 3 N–H and O–H groups in total. The second kappa shape index (κ2) is 6.70. The molecule has 5 heteroatoms. The summed E-state index contributed by atoms with van der Waals surface area (Å²) in [6.07, 6.45) is 6.44. The molecule has 2 rings (SSSR count). The zero-order chi connectivity index (χ0) is 13.7. The highest BCUT2D eigenvalue weighted by atomic mass is 16.5. The second-order valence-electron chi connectivity index (χ2n) is 5.39. The number of aromatic nitrogens is 2. The summed E-state index contributed by atoms with van der Waals surface area (Å²) in [7, 11) is 1.63. The number of hydrogen-bond donors (Lipinski definition) is 2. The third kappa shape index (κ3) is 4.06. The monoisotopic (exact) mass is 264 g/mol. The van der Waals surface area contributed by atoms with E-state index in [0.717, 1.165) is 5.82 Å². The number of methoxy groups -OCH3 is 1. The van der Waals surface area contributed by atoms with Crippen molar-refractivity contribution in [2.75, 3.05) is 18.2 Å². The Hall–Kier alpha value is -1.36. The Labute approximate surface area is 115 Å². The number of ether oxygens (including phenoxy) is 1. The van der Waals surface area contributed by atoms with Crippen LogP contribution in [0.1, 0.15) is 44.9 Å². The molecule has 1 heterocycles. The van der Waals surface area contributed by atoms with E-state index in [1.54, 1.807) is 13.2 Å². The van der Waals surface area contributed by atoms with Crippen molar-refractivity contribution >= 4 is 11.6 Å². The maximum Gasteiger partial charge on any atom is 0.158 e. The predicted molar refractivity (Wildman–Crippen MR) is 76.8 cm³/mol. The molecule has 2 unspecified atom stereocenters. The van der Waals surface area contributed by atoms with Gasteiger partial charge in [-0.2, -0.15) is 0 Å². The van der Waals surface area contributed by atoms with Crippen LogP contribution in [0.15, 0.2) is 6.07 Å². The van der Waals surface area contributed by atoms with Crippen LogP contribution < -0.4 is 11.1 Å². The first-order valence-electron chi connectivity index (χ1n) is 7.08. The summed E-state index contributed by atoms with van der Waals surface area (Å²) in [6.45, 7) is 2.70. The third-order valence-corrected chi connectivity index (χ3v) is 3.76. The molecule has 5 nitrogen and oxygen atoms in total. The molecule has 0 aliphatic heterocycles. The van der Waals surface area contributed by atoms with Crippen LogP contribution in [0.25, 0.3) is 0 Å². The molecule has 0 aromatic carbocycles. The zero-order valence-corrected chi connectivity index (χ0v) is 11.9. The minimum absolute atomic E-state index is 0.389. The lowest BCUT2D eigenvalue weighted by atomic mass is 9.97. The Morgan fingerprint density at radius 1 is 1.32 bits per heavy atom. The van der Waals surface area contributed by atoms with Gasteiger partial charge in [-0.1, -0.05) is 26.2 Å². The molecule has 1 aliphatic carbocycles. The quantitative estimate of drug-likeness (QED) is 0.818. The van der Waals surface area contributed by atoms with Gasteiger partial charge in [0.15, 0.2) is 5.82 Å². The van der Waals surface area contributed by atoms with Gasteiger partial charge in [-0.25, -0.2) is 9.97 Å². The molecule has 19 heavy (non-hydrogen) atoms. The van der Waals surface area contributed by atoms with Crippen LogP contribution in [0.5, 0.6) is 0 Å². The summed E-state index contributed by atoms with van der Waals surface area (Å²) in [5.74, 6) is 2.61. The van der Waals surface area contributed by atoms with Gasteiger partial charge >= 0.3 is 0 Å². The fraction of sp³-hybridized carbons (Fsp3) is 0.714. The van der Waals surface area contributed by atoms with Gasteiger partial charge in [0.2, 0.25) is 0 Å². The van der Waals surface area contributed by atoms with Crippen molar-refractivity contribution in [3.63, 3.8) is 0 Å². The van der Waals surface area contributed by atoms with E-state index in [1.807, 2.05) is 0 Å². The van der Waals surface area contributed by atoms with Crippen LogP contribution in [0.4, 0.5) is 11.6 Å². The number of nitrogens with zero attached hydrogens (tertiary/aromatic N) is 2. The highest BCUT2D eigenvalue weighted by Crippen LogP contribution is 2.25. The molecule has 0 amide bonds. The molecule has 106 valence electrons. The van der Waals surface area contributed by atoms with Gasteiger partial charge in [-0.15, -0.1) is 0 Å². The van der Waals surface area contributed by atoms with Crippen LogP contribution >= 0.6 is 0 Å². The predicted octanol–water partition coefficient (Wildman–Crippen LogP) is 2.59.